The molecule has 86 valence electrons. The van der Waals surface area contributed by atoms with Crippen LogP contribution in [0, 0.1) is 11.3 Å². The van der Waals surface area contributed by atoms with Crippen LogP contribution >= 0.6 is 0 Å². The zero-order valence-corrected chi connectivity index (χ0v) is 9.73. The van der Waals surface area contributed by atoms with E-state index in [0.717, 1.165) is 37.0 Å². The van der Waals surface area contributed by atoms with E-state index in [2.05, 4.69) is 11.2 Å². The first-order valence-electron chi connectivity index (χ1n) is 6.02. The second-order valence-electron chi connectivity index (χ2n) is 4.57. The van der Waals surface area contributed by atoms with Gasteiger partial charge in [-0.3, -0.25) is 4.79 Å². The fourth-order valence-electron chi connectivity index (χ4n) is 3.09. The van der Waals surface area contributed by atoms with Gasteiger partial charge >= 0.3 is 0 Å². The minimum absolute atomic E-state index is 0.0304. The van der Waals surface area contributed by atoms with Gasteiger partial charge < -0.3 is 0 Å². The first-order chi connectivity index (χ1) is 8.27. The second kappa shape index (κ2) is 3.56. The highest BCUT2D eigenvalue weighted by Crippen LogP contribution is 2.45. The molecule has 0 spiro atoms. The molecule has 0 saturated heterocycles. The largest absolute Gasteiger partial charge is 0.274 e. The molecule has 1 atom stereocenters. The van der Waals surface area contributed by atoms with E-state index in [-0.39, 0.29) is 11.8 Å². The molecule has 4 heteroatoms. The molecule has 2 heterocycles. The Balaban J connectivity index is 2.25. The molecule has 1 aliphatic heterocycles. The third kappa shape index (κ3) is 1.22. The van der Waals surface area contributed by atoms with Crippen molar-refractivity contribution in [2.24, 2.45) is 0 Å². The minimum Gasteiger partial charge on any atom is -0.267 e. The smallest absolute Gasteiger partial charge is 0.267 e. The van der Waals surface area contributed by atoms with Crippen LogP contribution in [-0.2, 0) is 0 Å². The maximum absolute atomic E-state index is 12.3. The molecule has 1 aromatic heterocycles. The van der Waals surface area contributed by atoms with Gasteiger partial charge in [0.2, 0.25) is 0 Å². The molecule has 17 heavy (non-hydrogen) atoms. The number of carbonyl (C=O) groups is 1. The fourth-order valence-corrected chi connectivity index (χ4v) is 3.09. The molecule has 0 amide bonds. The standard InChI is InChI=1S/C13H13N3O/c1-2-9-10-4-3-5-11(10)12-8(6-14)7-15-16(12)13(9)17/h7,11H,2-5H2,1H3. The molecule has 1 unspecified atom stereocenters. The Morgan fingerprint density at radius 1 is 1.65 bits per heavy atom. The summed E-state index contributed by atoms with van der Waals surface area (Å²) in [5.41, 5.74) is 3.54. The number of allylic oxidation sites excluding steroid dienone is 2. The summed E-state index contributed by atoms with van der Waals surface area (Å²) < 4.78 is 1.44. The average Bonchev–Trinajstić information content (AvgIpc) is 2.94. The van der Waals surface area contributed by atoms with Gasteiger partial charge in [-0.05, 0) is 25.7 Å². The van der Waals surface area contributed by atoms with E-state index < -0.39 is 0 Å². The van der Waals surface area contributed by atoms with Crippen molar-refractivity contribution in [1.82, 2.24) is 9.78 Å². The molecule has 1 saturated carbocycles. The number of fused-ring (bicyclic) bond motifs is 3. The molecule has 0 radical (unpaired) electrons. The number of rotatable bonds is 1. The molecule has 2 aliphatic rings. The second-order valence-corrected chi connectivity index (χ2v) is 4.57. The quantitative estimate of drug-likeness (QED) is 0.740. The summed E-state index contributed by atoms with van der Waals surface area (Å²) in [5, 5.41) is 13.2. The van der Waals surface area contributed by atoms with E-state index in [9.17, 15) is 4.79 Å². The van der Waals surface area contributed by atoms with Gasteiger partial charge in [0.05, 0.1) is 17.5 Å². The molecule has 0 bridgehead atoms. The summed E-state index contributed by atoms with van der Waals surface area (Å²) in [7, 11) is 0. The Morgan fingerprint density at radius 3 is 3.18 bits per heavy atom. The number of hydrogen-bond acceptors (Lipinski definition) is 3. The zero-order chi connectivity index (χ0) is 12.0. The molecular weight excluding hydrogens is 214 g/mol. The van der Waals surface area contributed by atoms with Crippen molar-refractivity contribution in [3.63, 3.8) is 0 Å². The van der Waals surface area contributed by atoms with Gasteiger partial charge in [-0.25, -0.2) is 0 Å². The lowest BCUT2D eigenvalue weighted by molar-refractivity contribution is 0.0924. The van der Waals surface area contributed by atoms with Gasteiger partial charge in [-0.2, -0.15) is 15.0 Å². The number of aromatic nitrogens is 2. The van der Waals surface area contributed by atoms with Crippen molar-refractivity contribution in [2.45, 2.75) is 38.5 Å². The predicted molar refractivity (Wildman–Crippen MR) is 61.5 cm³/mol. The maximum Gasteiger partial charge on any atom is 0.274 e. The Labute approximate surface area is 99.5 Å². The maximum atomic E-state index is 12.3. The molecule has 1 fully saturated rings. The van der Waals surface area contributed by atoms with Crippen molar-refractivity contribution < 1.29 is 4.79 Å². The highest BCUT2D eigenvalue weighted by molar-refractivity contribution is 5.98. The van der Waals surface area contributed by atoms with Crippen molar-refractivity contribution in [1.29, 1.82) is 5.26 Å². The van der Waals surface area contributed by atoms with Crippen LogP contribution in [0.15, 0.2) is 17.3 Å². The molecule has 0 aromatic carbocycles. The number of hydrogen-bond donors (Lipinski definition) is 0. The Hall–Kier alpha value is -1.89. The van der Waals surface area contributed by atoms with Crippen molar-refractivity contribution in [3.05, 3.63) is 28.6 Å². The molecule has 1 aromatic rings. The van der Waals surface area contributed by atoms with Crippen LogP contribution in [-0.4, -0.2) is 15.7 Å². The minimum atomic E-state index is -0.0304. The van der Waals surface area contributed by atoms with Crippen LogP contribution < -0.4 is 0 Å². The third-order valence-electron chi connectivity index (χ3n) is 3.81. The Bertz CT molecular complexity index is 574. The van der Waals surface area contributed by atoms with Crippen molar-refractivity contribution >= 4 is 5.91 Å². The Morgan fingerprint density at radius 2 is 2.47 bits per heavy atom. The van der Waals surface area contributed by atoms with E-state index in [1.165, 1.54) is 16.5 Å². The molecule has 1 aliphatic carbocycles. The summed E-state index contributed by atoms with van der Waals surface area (Å²) >= 11 is 0. The van der Waals surface area contributed by atoms with E-state index in [0.29, 0.717) is 5.56 Å². The fraction of sp³-hybridized carbons (Fsp3) is 0.462. The summed E-state index contributed by atoms with van der Waals surface area (Å²) in [6, 6.07) is 2.14. The van der Waals surface area contributed by atoms with Gasteiger partial charge in [0.25, 0.3) is 5.91 Å². The third-order valence-corrected chi connectivity index (χ3v) is 3.81. The summed E-state index contributed by atoms with van der Waals surface area (Å²) in [5.74, 6) is 0.219. The van der Waals surface area contributed by atoms with Gasteiger partial charge in [0.1, 0.15) is 6.07 Å². The van der Waals surface area contributed by atoms with Crippen LogP contribution in [0.1, 0.15) is 54.6 Å². The SMILES string of the molecule is CCC1=C2CCCC2c2c(C#N)cnn2C1=O. The van der Waals surface area contributed by atoms with Gasteiger partial charge in [0, 0.05) is 11.5 Å². The highest BCUT2D eigenvalue weighted by atomic mass is 16.2. The van der Waals surface area contributed by atoms with Crippen LogP contribution in [0.25, 0.3) is 0 Å². The van der Waals surface area contributed by atoms with Crippen LogP contribution in [0.5, 0.6) is 0 Å². The van der Waals surface area contributed by atoms with E-state index in [4.69, 9.17) is 5.26 Å². The van der Waals surface area contributed by atoms with Crippen molar-refractivity contribution in [2.75, 3.05) is 0 Å². The van der Waals surface area contributed by atoms with E-state index in [1.54, 1.807) is 0 Å². The highest BCUT2D eigenvalue weighted by Gasteiger charge is 2.37. The Kier molecular flexibility index (Phi) is 2.15. The lowest BCUT2D eigenvalue weighted by atomic mass is 9.88. The first-order valence-corrected chi connectivity index (χ1v) is 6.02. The van der Waals surface area contributed by atoms with E-state index in [1.807, 2.05) is 6.92 Å². The van der Waals surface area contributed by atoms with Crippen LogP contribution in [0.2, 0.25) is 0 Å². The molecule has 0 N–H and O–H groups in total. The molecular formula is C13H13N3O. The van der Waals surface area contributed by atoms with E-state index >= 15 is 0 Å². The number of nitriles is 1. The summed E-state index contributed by atoms with van der Waals surface area (Å²) in [6.07, 6.45) is 5.41. The molecule has 4 nitrogen and oxygen atoms in total. The summed E-state index contributed by atoms with van der Waals surface area (Å²) in [6.45, 7) is 2.01. The summed E-state index contributed by atoms with van der Waals surface area (Å²) in [4.78, 5) is 12.3. The monoisotopic (exact) mass is 227 g/mol. The van der Waals surface area contributed by atoms with Gasteiger partial charge in [-0.15, -0.1) is 0 Å². The average molecular weight is 227 g/mol. The van der Waals surface area contributed by atoms with Crippen LogP contribution in [0.3, 0.4) is 0 Å². The normalized spacial score (nSPS) is 22.4. The zero-order valence-electron chi connectivity index (χ0n) is 9.73. The predicted octanol–water partition coefficient (Wildman–Crippen LogP) is 2.38. The van der Waals surface area contributed by atoms with Crippen LogP contribution in [0.4, 0.5) is 0 Å². The topological polar surface area (TPSA) is 58.7 Å². The van der Waals surface area contributed by atoms with Crippen molar-refractivity contribution in [3.8, 4) is 6.07 Å². The number of nitrogens with zero attached hydrogens (tertiary/aromatic N) is 3. The first kappa shape index (κ1) is 10.3. The van der Waals surface area contributed by atoms with Gasteiger partial charge in [0.15, 0.2) is 0 Å². The molecule has 3 rings (SSSR count). The number of carbonyl (C=O) groups excluding carboxylic acids is 1. The lowest BCUT2D eigenvalue weighted by Gasteiger charge is -2.23. The van der Waals surface area contributed by atoms with Gasteiger partial charge in [-0.1, -0.05) is 12.5 Å². The lowest BCUT2D eigenvalue weighted by Crippen LogP contribution is -2.26.